The number of rotatable bonds is 4. The van der Waals surface area contributed by atoms with Crippen LogP contribution in [0.15, 0.2) is 42.6 Å². The lowest BCUT2D eigenvalue weighted by Crippen LogP contribution is -2.40. The number of urea groups is 1. The third-order valence-corrected chi connectivity index (χ3v) is 4.35. The standard InChI is InChI=1S/C19H23N3O/c1-14-8-10-15(11-9-14)18-16(5-4-12-20-18)13-21-19(23)22-17-6-2-3-7-17/h4-5,8-12,17H,2-3,6-7,13H2,1H3,(H2,21,22,23). The van der Waals surface area contributed by atoms with Crippen LogP contribution in [0.1, 0.15) is 36.8 Å². The molecule has 0 aliphatic heterocycles. The molecular weight excluding hydrogens is 286 g/mol. The molecule has 1 aliphatic carbocycles. The molecule has 2 N–H and O–H groups in total. The van der Waals surface area contributed by atoms with Gasteiger partial charge in [-0.1, -0.05) is 48.7 Å². The van der Waals surface area contributed by atoms with Gasteiger partial charge in [0.05, 0.1) is 5.69 Å². The topological polar surface area (TPSA) is 54.0 Å². The highest BCUT2D eigenvalue weighted by Gasteiger charge is 2.17. The van der Waals surface area contributed by atoms with Crippen molar-refractivity contribution in [1.29, 1.82) is 0 Å². The summed E-state index contributed by atoms with van der Waals surface area (Å²) in [4.78, 5) is 16.5. The predicted molar refractivity (Wildman–Crippen MR) is 92.0 cm³/mol. The van der Waals surface area contributed by atoms with Crippen molar-refractivity contribution < 1.29 is 4.79 Å². The van der Waals surface area contributed by atoms with Crippen LogP contribution in [0.3, 0.4) is 0 Å². The molecule has 0 radical (unpaired) electrons. The largest absolute Gasteiger partial charge is 0.335 e. The van der Waals surface area contributed by atoms with E-state index in [2.05, 4.69) is 46.8 Å². The van der Waals surface area contributed by atoms with Gasteiger partial charge < -0.3 is 10.6 Å². The van der Waals surface area contributed by atoms with Crippen LogP contribution < -0.4 is 10.6 Å². The minimum absolute atomic E-state index is 0.0874. The van der Waals surface area contributed by atoms with E-state index in [9.17, 15) is 4.79 Å². The number of aromatic nitrogens is 1. The molecule has 23 heavy (non-hydrogen) atoms. The Morgan fingerprint density at radius 2 is 1.91 bits per heavy atom. The fourth-order valence-corrected chi connectivity index (χ4v) is 3.03. The first-order chi connectivity index (χ1) is 11.2. The van der Waals surface area contributed by atoms with E-state index in [0.29, 0.717) is 12.6 Å². The summed E-state index contributed by atoms with van der Waals surface area (Å²) in [6.07, 6.45) is 6.40. The number of pyridine rings is 1. The monoisotopic (exact) mass is 309 g/mol. The molecule has 1 heterocycles. The Labute approximate surface area is 137 Å². The average molecular weight is 309 g/mol. The number of nitrogens with one attached hydrogen (secondary N) is 2. The molecule has 3 rings (SSSR count). The molecule has 1 saturated carbocycles. The fraction of sp³-hybridized carbons (Fsp3) is 0.368. The maximum absolute atomic E-state index is 12.0. The number of aryl methyl sites for hydroxylation is 1. The van der Waals surface area contributed by atoms with Gasteiger partial charge in [-0.3, -0.25) is 4.98 Å². The average Bonchev–Trinajstić information content (AvgIpc) is 3.07. The first-order valence-corrected chi connectivity index (χ1v) is 8.27. The lowest BCUT2D eigenvalue weighted by molar-refractivity contribution is 0.236. The maximum Gasteiger partial charge on any atom is 0.315 e. The summed E-state index contributed by atoms with van der Waals surface area (Å²) < 4.78 is 0. The summed E-state index contributed by atoms with van der Waals surface area (Å²) in [5, 5.41) is 6.00. The van der Waals surface area contributed by atoms with Gasteiger partial charge in [-0.2, -0.15) is 0 Å². The molecule has 1 aliphatic rings. The zero-order valence-corrected chi connectivity index (χ0v) is 13.5. The second-order valence-electron chi connectivity index (χ2n) is 6.19. The Morgan fingerprint density at radius 1 is 1.17 bits per heavy atom. The number of carbonyl (C=O) groups is 1. The van der Waals surface area contributed by atoms with Gasteiger partial charge in [-0.05, 0) is 31.4 Å². The minimum atomic E-state index is -0.0874. The summed E-state index contributed by atoms with van der Waals surface area (Å²) in [5.41, 5.74) is 4.25. The summed E-state index contributed by atoms with van der Waals surface area (Å²) in [7, 11) is 0. The van der Waals surface area contributed by atoms with E-state index < -0.39 is 0 Å². The van der Waals surface area contributed by atoms with Crippen LogP contribution in [0.5, 0.6) is 0 Å². The van der Waals surface area contributed by atoms with Gasteiger partial charge in [0.1, 0.15) is 0 Å². The quantitative estimate of drug-likeness (QED) is 0.902. The van der Waals surface area contributed by atoms with E-state index >= 15 is 0 Å². The van der Waals surface area contributed by atoms with Gasteiger partial charge in [0.15, 0.2) is 0 Å². The maximum atomic E-state index is 12.0. The van der Waals surface area contributed by atoms with E-state index in [1.54, 1.807) is 6.20 Å². The summed E-state index contributed by atoms with van der Waals surface area (Å²) >= 11 is 0. The third-order valence-electron chi connectivity index (χ3n) is 4.35. The van der Waals surface area contributed by atoms with Crippen LogP contribution in [-0.4, -0.2) is 17.1 Å². The molecule has 120 valence electrons. The molecule has 4 nitrogen and oxygen atoms in total. The van der Waals surface area contributed by atoms with Crippen molar-refractivity contribution in [2.75, 3.05) is 0 Å². The summed E-state index contributed by atoms with van der Waals surface area (Å²) in [5.74, 6) is 0. The molecule has 1 aromatic carbocycles. The summed E-state index contributed by atoms with van der Waals surface area (Å²) in [6, 6.07) is 12.5. The number of nitrogens with zero attached hydrogens (tertiary/aromatic N) is 1. The molecule has 0 bridgehead atoms. The van der Waals surface area contributed by atoms with Crippen molar-refractivity contribution in [2.24, 2.45) is 0 Å². The van der Waals surface area contributed by atoms with Crippen molar-refractivity contribution in [2.45, 2.75) is 45.2 Å². The first-order valence-electron chi connectivity index (χ1n) is 8.27. The minimum Gasteiger partial charge on any atom is -0.335 e. The van der Waals surface area contributed by atoms with Gasteiger partial charge in [-0.15, -0.1) is 0 Å². The van der Waals surface area contributed by atoms with Gasteiger partial charge in [0.25, 0.3) is 0 Å². The van der Waals surface area contributed by atoms with Crippen LogP contribution in [0.2, 0.25) is 0 Å². The van der Waals surface area contributed by atoms with Gasteiger partial charge in [-0.25, -0.2) is 4.79 Å². The van der Waals surface area contributed by atoms with Crippen LogP contribution in [0.4, 0.5) is 4.79 Å². The van der Waals surface area contributed by atoms with Crippen molar-refractivity contribution >= 4 is 6.03 Å². The lowest BCUT2D eigenvalue weighted by atomic mass is 10.0. The number of hydrogen-bond donors (Lipinski definition) is 2. The molecule has 1 fully saturated rings. The Kier molecular flexibility index (Phi) is 4.91. The third kappa shape index (κ3) is 4.09. The highest BCUT2D eigenvalue weighted by molar-refractivity contribution is 5.74. The SMILES string of the molecule is Cc1ccc(-c2ncccc2CNC(=O)NC2CCCC2)cc1. The highest BCUT2D eigenvalue weighted by atomic mass is 16.2. The number of benzene rings is 1. The second kappa shape index (κ2) is 7.27. The molecular formula is C19H23N3O. The van der Waals surface area contributed by atoms with E-state index in [4.69, 9.17) is 0 Å². The van der Waals surface area contributed by atoms with E-state index in [1.807, 2.05) is 12.1 Å². The van der Waals surface area contributed by atoms with E-state index in [1.165, 1.54) is 18.4 Å². The van der Waals surface area contributed by atoms with E-state index in [0.717, 1.165) is 29.7 Å². The Morgan fingerprint density at radius 3 is 2.65 bits per heavy atom. The zero-order chi connectivity index (χ0) is 16.1. The summed E-state index contributed by atoms with van der Waals surface area (Å²) in [6.45, 7) is 2.55. The molecule has 0 spiro atoms. The highest BCUT2D eigenvalue weighted by Crippen LogP contribution is 2.21. The van der Waals surface area contributed by atoms with Crippen molar-refractivity contribution in [1.82, 2.24) is 15.6 Å². The van der Waals surface area contributed by atoms with E-state index in [-0.39, 0.29) is 6.03 Å². The zero-order valence-electron chi connectivity index (χ0n) is 13.5. The normalized spacial score (nSPS) is 14.7. The Hall–Kier alpha value is -2.36. The molecule has 0 saturated heterocycles. The molecule has 0 unspecified atom stereocenters. The van der Waals surface area contributed by atoms with Gasteiger partial charge in [0.2, 0.25) is 0 Å². The lowest BCUT2D eigenvalue weighted by Gasteiger charge is -2.14. The molecule has 4 heteroatoms. The Bertz CT molecular complexity index is 661. The fourth-order valence-electron chi connectivity index (χ4n) is 3.03. The number of amides is 2. The first kappa shape index (κ1) is 15.5. The van der Waals surface area contributed by atoms with Gasteiger partial charge >= 0.3 is 6.03 Å². The molecule has 0 atom stereocenters. The van der Waals surface area contributed by atoms with Crippen molar-refractivity contribution in [3.63, 3.8) is 0 Å². The smallest absolute Gasteiger partial charge is 0.315 e. The Balaban J connectivity index is 1.65. The second-order valence-corrected chi connectivity index (χ2v) is 6.19. The van der Waals surface area contributed by atoms with Crippen LogP contribution in [0, 0.1) is 6.92 Å². The number of hydrogen-bond acceptors (Lipinski definition) is 2. The molecule has 1 aromatic heterocycles. The van der Waals surface area contributed by atoms with Crippen molar-refractivity contribution in [3.8, 4) is 11.3 Å². The van der Waals surface area contributed by atoms with Gasteiger partial charge in [0, 0.05) is 24.3 Å². The molecule has 2 amide bonds. The number of carbonyl (C=O) groups excluding carboxylic acids is 1. The van der Waals surface area contributed by atoms with Crippen LogP contribution in [0.25, 0.3) is 11.3 Å². The van der Waals surface area contributed by atoms with Crippen LogP contribution in [-0.2, 0) is 6.54 Å². The van der Waals surface area contributed by atoms with Crippen molar-refractivity contribution in [3.05, 3.63) is 53.7 Å². The predicted octanol–water partition coefficient (Wildman–Crippen LogP) is 3.80. The van der Waals surface area contributed by atoms with Crippen LogP contribution >= 0.6 is 0 Å². The molecule has 2 aromatic rings.